The van der Waals surface area contributed by atoms with Crippen LogP contribution in [0.1, 0.15) is 26.7 Å². The Morgan fingerprint density at radius 2 is 2.05 bits per heavy atom. The fraction of sp³-hybridized carbons (Fsp3) is 0.400. The average molecular weight is 259 g/mol. The van der Waals surface area contributed by atoms with Crippen LogP contribution in [-0.2, 0) is 11.3 Å². The zero-order chi connectivity index (χ0) is 13.8. The minimum Gasteiger partial charge on any atom is -0.397 e. The van der Waals surface area contributed by atoms with Crippen molar-refractivity contribution in [2.24, 2.45) is 0 Å². The number of para-hydroxylation sites is 1. The first-order valence-corrected chi connectivity index (χ1v) is 6.78. The van der Waals surface area contributed by atoms with E-state index in [0.717, 1.165) is 23.7 Å². The molecule has 0 unspecified atom stereocenters. The van der Waals surface area contributed by atoms with Crippen molar-refractivity contribution in [1.82, 2.24) is 9.88 Å². The molecule has 0 radical (unpaired) electrons. The minimum atomic E-state index is 0.0365. The number of amides is 1. The largest absolute Gasteiger partial charge is 0.397 e. The van der Waals surface area contributed by atoms with E-state index >= 15 is 0 Å². The molecule has 19 heavy (non-hydrogen) atoms. The summed E-state index contributed by atoms with van der Waals surface area (Å²) >= 11 is 0. The molecule has 4 heteroatoms. The lowest BCUT2D eigenvalue weighted by atomic mass is 10.2. The quantitative estimate of drug-likeness (QED) is 0.811. The topological polar surface area (TPSA) is 60.0 Å². The lowest BCUT2D eigenvalue weighted by Crippen LogP contribution is -2.36. The number of fused-ring (bicyclic) bond motifs is 1. The number of carbonyl (C=O) groups is 1. The van der Waals surface area contributed by atoms with Gasteiger partial charge in [-0.05, 0) is 25.0 Å². The summed E-state index contributed by atoms with van der Waals surface area (Å²) in [6, 6.07) is 8.02. The van der Waals surface area contributed by atoms with Gasteiger partial charge >= 0.3 is 0 Å². The predicted molar refractivity (Wildman–Crippen MR) is 78.9 cm³/mol. The first-order valence-electron chi connectivity index (χ1n) is 6.78. The zero-order valence-electron chi connectivity index (χ0n) is 11.5. The number of benzene rings is 1. The summed E-state index contributed by atoms with van der Waals surface area (Å²) in [6.45, 7) is 4.48. The van der Waals surface area contributed by atoms with Gasteiger partial charge in [0.1, 0.15) is 6.54 Å². The van der Waals surface area contributed by atoms with E-state index in [0.29, 0.717) is 12.2 Å². The number of nitrogen functional groups attached to an aromatic ring is 1. The SMILES string of the molecule is CCC(CC)NC(=O)Cn1ccc2cccc(N)c21. The van der Waals surface area contributed by atoms with Gasteiger partial charge in [0.25, 0.3) is 0 Å². The van der Waals surface area contributed by atoms with Gasteiger partial charge in [0, 0.05) is 17.6 Å². The molecule has 0 bridgehead atoms. The zero-order valence-corrected chi connectivity index (χ0v) is 11.5. The Hall–Kier alpha value is -1.97. The highest BCUT2D eigenvalue weighted by molar-refractivity contribution is 5.91. The highest BCUT2D eigenvalue weighted by Gasteiger charge is 2.11. The third-order valence-electron chi connectivity index (χ3n) is 3.48. The Morgan fingerprint density at radius 1 is 1.32 bits per heavy atom. The van der Waals surface area contributed by atoms with Crippen LogP contribution in [0.2, 0.25) is 0 Å². The number of hydrogen-bond donors (Lipinski definition) is 2. The maximum Gasteiger partial charge on any atom is 0.240 e. The van der Waals surface area contributed by atoms with Crippen LogP contribution >= 0.6 is 0 Å². The fourth-order valence-electron chi connectivity index (χ4n) is 2.34. The Balaban J connectivity index is 2.15. The number of rotatable bonds is 5. The third-order valence-corrected chi connectivity index (χ3v) is 3.48. The number of carbonyl (C=O) groups excluding carboxylic acids is 1. The molecule has 1 heterocycles. The van der Waals surface area contributed by atoms with E-state index in [1.807, 2.05) is 35.0 Å². The minimum absolute atomic E-state index is 0.0365. The smallest absolute Gasteiger partial charge is 0.240 e. The molecule has 1 amide bonds. The summed E-state index contributed by atoms with van der Waals surface area (Å²) in [4.78, 5) is 12.0. The van der Waals surface area contributed by atoms with Crippen molar-refractivity contribution < 1.29 is 4.79 Å². The molecular formula is C15H21N3O. The van der Waals surface area contributed by atoms with Crippen LogP contribution in [0.5, 0.6) is 0 Å². The molecule has 2 rings (SSSR count). The lowest BCUT2D eigenvalue weighted by Gasteiger charge is -2.15. The standard InChI is InChI=1S/C15H21N3O/c1-3-12(4-2)17-14(19)10-18-9-8-11-6-5-7-13(16)15(11)18/h5-9,12H,3-4,10,16H2,1-2H3,(H,17,19). The van der Waals surface area contributed by atoms with Gasteiger partial charge in [0.15, 0.2) is 0 Å². The van der Waals surface area contributed by atoms with Crippen molar-refractivity contribution in [2.75, 3.05) is 5.73 Å². The van der Waals surface area contributed by atoms with E-state index in [-0.39, 0.29) is 11.9 Å². The summed E-state index contributed by atoms with van der Waals surface area (Å²) in [6.07, 6.45) is 3.82. The molecule has 2 aromatic rings. The fourth-order valence-corrected chi connectivity index (χ4v) is 2.34. The summed E-state index contributed by atoms with van der Waals surface area (Å²) < 4.78 is 1.91. The first-order chi connectivity index (χ1) is 9.15. The van der Waals surface area contributed by atoms with Gasteiger partial charge in [0.05, 0.1) is 11.2 Å². The van der Waals surface area contributed by atoms with Crippen LogP contribution in [0.3, 0.4) is 0 Å². The van der Waals surface area contributed by atoms with E-state index in [4.69, 9.17) is 5.73 Å². The Labute approximate surface area is 113 Å². The molecule has 1 aromatic heterocycles. The van der Waals surface area contributed by atoms with Gasteiger partial charge in [-0.2, -0.15) is 0 Å². The molecule has 102 valence electrons. The van der Waals surface area contributed by atoms with Gasteiger partial charge in [-0.3, -0.25) is 4.79 Å². The normalized spacial score (nSPS) is 11.1. The number of aromatic nitrogens is 1. The molecule has 0 aliphatic carbocycles. The summed E-state index contributed by atoms with van der Waals surface area (Å²) in [5.41, 5.74) is 7.62. The molecule has 0 saturated heterocycles. The summed E-state index contributed by atoms with van der Waals surface area (Å²) in [5.74, 6) is 0.0365. The van der Waals surface area contributed by atoms with Gasteiger partial charge in [0.2, 0.25) is 5.91 Å². The van der Waals surface area contributed by atoms with Crippen LogP contribution in [0.4, 0.5) is 5.69 Å². The number of nitrogens with one attached hydrogen (secondary N) is 1. The molecule has 4 nitrogen and oxygen atoms in total. The maximum atomic E-state index is 12.0. The second-order valence-corrected chi connectivity index (χ2v) is 4.81. The molecule has 0 saturated carbocycles. The molecule has 0 aliphatic rings. The summed E-state index contributed by atoms with van der Waals surface area (Å²) in [5, 5.41) is 4.10. The highest BCUT2D eigenvalue weighted by Crippen LogP contribution is 2.21. The predicted octanol–water partition coefficient (Wildman–Crippen LogP) is 2.53. The van der Waals surface area contributed by atoms with Gasteiger partial charge < -0.3 is 15.6 Å². The van der Waals surface area contributed by atoms with E-state index in [2.05, 4.69) is 19.2 Å². The summed E-state index contributed by atoms with van der Waals surface area (Å²) in [7, 11) is 0. The van der Waals surface area contributed by atoms with E-state index < -0.39 is 0 Å². The highest BCUT2D eigenvalue weighted by atomic mass is 16.2. The number of nitrogens with two attached hydrogens (primary N) is 1. The average Bonchev–Trinajstić information content (AvgIpc) is 2.80. The molecule has 0 fully saturated rings. The second kappa shape index (κ2) is 5.78. The maximum absolute atomic E-state index is 12.0. The van der Waals surface area contributed by atoms with Crippen LogP contribution in [0.15, 0.2) is 30.5 Å². The number of anilines is 1. The van der Waals surface area contributed by atoms with Crippen molar-refractivity contribution in [3.63, 3.8) is 0 Å². The van der Waals surface area contributed by atoms with Crippen LogP contribution in [0, 0.1) is 0 Å². The molecular weight excluding hydrogens is 238 g/mol. The van der Waals surface area contributed by atoms with Gasteiger partial charge in [-0.25, -0.2) is 0 Å². The van der Waals surface area contributed by atoms with Gasteiger partial charge in [-0.15, -0.1) is 0 Å². The Bertz CT molecular complexity index is 570. The molecule has 0 aliphatic heterocycles. The molecule has 0 spiro atoms. The third kappa shape index (κ3) is 2.89. The van der Waals surface area contributed by atoms with Gasteiger partial charge in [-0.1, -0.05) is 26.0 Å². The molecule has 0 atom stereocenters. The van der Waals surface area contributed by atoms with Crippen LogP contribution < -0.4 is 11.1 Å². The van der Waals surface area contributed by atoms with Crippen molar-refractivity contribution in [3.05, 3.63) is 30.5 Å². The van der Waals surface area contributed by atoms with Crippen molar-refractivity contribution in [1.29, 1.82) is 0 Å². The van der Waals surface area contributed by atoms with Crippen molar-refractivity contribution >= 4 is 22.5 Å². The van der Waals surface area contributed by atoms with Crippen molar-refractivity contribution in [3.8, 4) is 0 Å². The van der Waals surface area contributed by atoms with Crippen LogP contribution in [-0.4, -0.2) is 16.5 Å². The van der Waals surface area contributed by atoms with E-state index in [1.54, 1.807) is 0 Å². The number of nitrogens with zero attached hydrogens (tertiary/aromatic N) is 1. The van der Waals surface area contributed by atoms with Crippen LogP contribution in [0.25, 0.3) is 10.9 Å². The number of hydrogen-bond acceptors (Lipinski definition) is 2. The Kier molecular flexibility index (Phi) is 4.10. The second-order valence-electron chi connectivity index (χ2n) is 4.81. The molecule has 3 N–H and O–H groups in total. The van der Waals surface area contributed by atoms with Crippen molar-refractivity contribution in [2.45, 2.75) is 39.3 Å². The first kappa shape index (κ1) is 13.5. The monoisotopic (exact) mass is 259 g/mol. The Morgan fingerprint density at radius 3 is 2.74 bits per heavy atom. The molecule has 1 aromatic carbocycles. The van der Waals surface area contributed by atoms with E-state index in [1.165, 1.54) is 0 Å². The lowest BCUT2D eigenvalue weighted by molar-refractivity contribution is -0.122. The van der Waals surface area contributed by atoms with E-state index in [9.17, 15) is 4.79 Å².